The van der Waals surface area contributed by atoms with E-state index in [1.807, 2.05) is 16.6 Å². The van der Waals surface area contributed by atoms with Crippen LogP contribution < -0.4 is 20.4 Å². The fourth-order valence-corrected chi connectivity index (χ4v) is 4.89. The number of imide groups is 1. The first-order chi connectivity index (χ1) is 13.7. The Kier molecular flexibility index (Phi) is 4.23. The predicted molar refractivity (Wildman–Crippen MR) is 107 cm³/mol. The van der Waals surface area contributed by atoms with Gasteiger partial charge in [0.2, 0.25) is 5.91 Å². The molecule has 0 atom stereocenters. The number of hydrogen-bond donors (Lipinski definition) is 2. The SMILES string of the molecule is O=C1CCN(c2cnn3c(N4CCC5(CCNCC5)CC4)cccc23)C(=O)N1. The van der Waals surface area contributed by atoms with E-state index in [4.69, 9.17) is 0 Å². The molecule has 0 aliphatic carbocycles. The van der Waals surface area contributed by atoms with Crippen LogP contribution in [0.1, 0.15) is 32.1 Å². The van der Waals surface area contributed by atoms with Gasteiger partial charge in [0.05, 0.1) is 17.4 Å². The van der Waals surface area contributed by atoms with Crippen molar-refractivity contribution in [2.75, 3.05) is 42.5 Å². The molecule has 5 heterocycles. The number of anilines is 2. The molecule has 8 heteroatoms. The maximum absolute atomic E-state index is 12.2. The monoisotopic (exact) mass is 382 g/mol. The minimum Gasteiger partial charge on any atom is -0.357 e. The van der Waals surface area contributed by atoms with E-state index in [-0.39, 0.29) is 11.9 Å². The van der Waals surface area contributed by atoms with E-state index >= 15 is 0 Å². The number of amides is 3. The first-order valence-corrected chi connectivity index (χ1v) is 10.2. The summed E-state index contributed by atoms with van der Waals surface area (Å²) in [5, 5.41) is 10.5. The molecule has 28 heavy (non-hydrogen) atoms. The molecule has 0 saturated carbocycles. The van der Waals surface area contributed by atoms with Crippen molar-refractivity contribution in [2.45, 2.75) is 32.1 Å². The van der Waals surface area contributed by atoms with E-state index in [2.05, 4.69) is 26.7 Å². The van der Waals surface area contributed by atoms with Crippen LogP contribution in [0.3, 0.4) is 0 Å². The molecule has 3 aliphatic heterocycles. The summed E-state index contributed by atoms with van der Waals surface area (Å²) in [6.45, 7) is 4.73. The van der Waals surface area contributed by atoms with Crippen LogP contribution in [0.15, 0.2) is 24.4 Å². The standard InChI is InChI=1S/C20H26N6O2/c27-17-4-11-25(19(28)23-17)16-14-22-26-15(16)2-1-3-18(26)24-12-7-20(8-13-24)5-9-21-10-6-20/h1-3,14,21H,4-13H2,(H,23,27,28). The van der Waals surface area contributed by atoms with Crippen LogP contribution in [0, 0.1) is 5.41 Å². The lowest BCUT2D eigenvalue weighted by Crippen LogP contribution is -2.49. The number of hydrogen-bond acceptors (Lipinski definition) is 5. The second kappa shape index (κ2) is 6.77. The summed E-state index contributed by atoms with van der Waals surface area (Å²) in [5.41, 5.74) is 2.14. The van der Waals surface area contributed by atoms with Crippen LogP contribution in [0.2, 0.25) is 0 Å². The average Bonchev–Trinajstić information content (AvgIpc) is 3.13. The smallest absolute Gasteiger partial charge is 0.328 e. The summed E-state index contributed by atoms with van der Waals surface area (Å²) in [7, 11) is 0. The van der Waals surface area contributed by atoms with Gasteiger partial charge in [0.1, 0.15) is 5.82 Å². The minimum absolute atomic E-state index is 0.224. The third-order valence-corrected chi connectivity index (χ3v) is 6.66. The number of piperidine rings is 2. The number of urea groups is 1. The predicted octanol–water partition coefficient (Wildman–Crippen LogP) is 1.75. The van der Waals surface area contributed by atoms with Gasteiger partial charge in [0, 0.05) is 26.1 Å². The van der Waals surface area contributed by atoms with Crippen LogP contribution in [-0.2, 0) is 4.79 Å². The fraction of sp³-hybridized carbons (Fsp3) is 0.550. The summed E-state index contributed by atoms with van der Waals surface area (Å²) in [6, 6.07) is 5.73. The molecule has 148 valence electrons. The van der Waals surface area contributed by atoms with Crippen LogP contribution >= 0.6 is 0 Å². The van der Waals surface area contributed by atoms with Crippen molar-refractivity contribution < 1.29 is 9.59 Å². The summed E-state index contributed by atoms with van der Waals surface area (Å²) < 4.78 is 1.93. The molecular weight excluding hydrogens is 356 g/mol. The van der Waals surface area contributed by atoms with Gasteiger partial charge in [-0.05, 0) is 56.3 Å². The zero-order chi connectivity index (χ0) is 19.1. The Labute approximate surface area is 163 Å². The van der Waals surface area contributed by atoms with E-state index in [1.54, 1.807) is 11.1 Å². The molecule has 2 aromatic heterocycles. The normalized spacial score (nSPS) is 22.7. The molecule has 2 aromatic rings. The van der Waals surface area contributed by atoms with Gasteiger partial charge in [-0.1, -0.05) is 6.07 Å². The van der Waals surface area contributed by atoms with Gasteiger partial charge in [-0.25, -0.2) is 9.31 Å². The average molecular weight is 382 g/mol. The largest absolute Gasteiger partial charge is 0.357 e. The minimum atomic E-state index is -0.373. The summed E-state index contributed by atoms with van der Waals surface area (Å²) in [6.07, 6.45) is 7.03. The number of carbonyl (C=O) groups excluding carboxylic acids is 2. The van der Waals surface area contributed by atoms with Gasteiger partial charge >= 0.3 is 6.03 Å². The highest BCUT2D eigenvalue weighted by molar-refractivity contribution is 6.07. The van der Waals surface area contributed by atoms with E-state index in [9.17, 15) is 9.59 Å². The Hall–Kier alpha value is -2.61. The maximum Gasteiger partial charge on any atom is 0.328 e. The number of nitrogens with one attached hydrogen (secondary N) is 2. The van der Waals surface area contributed by atoms with Crippen molar-refractivity contribution in [3.05, 3.63) is 24.4 Å². The zero-order valence-corrected chi connectivity index (χ0v) is 16.0. The summed E-state index contributed by atoms with van der Waals surface area (Å²) in [4.78, 5) is 27.7. The van der Waals surface area contributed by atoms with E-state index in [1.165, 1.54) is 25.7 Å². The van der Waals surface area contributed by atoms with Crippen LogP contribution in [-0.4, -0.2) is 54.3 Å². The first-order valence-electron chi connectivity index (χ1n) is 10.2. The van der Waals surface area contributed by atoms with Gasteiger partial charge < -0.3 is 10.2 Å². The third kappa shape index (κ3) is 2.92. The topological polar surface area (TPSA) is 82.0 Å². The Morgan fingerprint density at radius 3 is 2.54 bits per heavy atom. The number of carbonyl (C=O) groups is 2. The molecular formula is C20H26N6O2. The van der Waals surface area contributed by atoms with Crippen molar-refractivity contribution in [3.8, 4) is 0 Å². The molecule has 0 unspecified atom stereocenters. The van der Waals surface area contributed by atoms with Crippen LogP contribution in [0.4, 0.5) is 16.3 Å². The van der Waals surface area contributed by atoms with Gasteiger partial charge in [0.25, 0.3) is 0 Å². The summed E-state index contributed by atoms with van der Waals surface area (Å²) >= 11 is 0. The highest BCUT2D eigenvalue weighted by Gasteiger charge is 2.36. The molecule has 0 bridgehead atoms. The first kappa shape index (κ1) is 17.5. The van der Waals surface area contributed by atoms with Crippen molar-refractivity contribution in [2.24, 2.45) is 5.41 Å². The molecule has 2 N–H and O–H groups in total. The van der Waals surface area contributed by atoms with E-state index < -0.39 is 0 Å². The van der Waals surface area contributed by atoms with Crippen molar-refractivity contribution in [1.82, 2.24) is 20.2 Å². The maximum atomic E-state index is 12.2. The van der Waals surface area contributed by atoms with Crippen molar-refractivity contribution in [1.29, 1.82) is 0 Å². The number of rotatable bonds is 2. The summed E-state index contributed by atoms with van der Waals surface area (Å²) in [5.74, 6) is 0.847. The van der Waals surface area contributed by atoms with Crippen LogP contribution in [0.5, 0.6) is 0 Å². The van der Waals surface area contributed by atoms with Gasteiger partial charge in [-0.2, -0.15) is 5.10 Å². The molecule has 0 aromatic carbocycles. The molecule has 0 radical (unpaired) electrons. The third-order valence-electron chi connectivity index (χ3n) is 6.66. The number of nitrogens with zero attached hydrogens (tertiary/aromatic N) is 4. The second-order valence-corrected chi connectivity index (χ2v) is 8.20. The Balaban J connectivity index is 1.40. The molecule has 3 amide bonds. The number of fused-ring (bicyclic) bond motifs is 1. The van der Waals surface area contributed by atoms with Crippen molar-refractivity contribution in [3.63, 3.8) is 0 Å². The Bertz CT molecular complexity index is 907. The van der Waals surface area contributed by atoms with Crippen LogP contribution in [0.25, 0.3) is 5.52 Å². The highest BCUT2D eigenvalue weighted by atomic mass is 16.2. The molecule has 5 rings (SSSR count). The Morgan fingerprint density at radius 2 is 1.79 bits per heavy atom. The quantitative estimate of drug-likeness (QED) is 0.827. The van der Waals surface area contributed by atoms with Gasteiger partial charge in [-0.3, -0.25) is 15.0 Å². The zero-order valence-electron chi connectivity index (χ0n) is 16.0. The van der Waals surface area contributed by atoms with E-state index in [0.717, 1.165) is 43.2 Å². The lowest BCUT2D eigenvalue weighted by Gasteiger charge is -2.45. The molecule has 3 saturated heterocycles. The molecule has 3 aliphatic rings. The number of pyridine rings is 1. The lowest BCUT2D eigenvalue weighted by molar-refractivity contribution is -0.120. The highest BCUT2D eigenvalue weighted by Crippen LogP contribution is 2.40. The lowest BCUT2D eigenvalue weighted by atomic mass is 9.71. The fourth-order valence-electron chi connectivity index (χ4n) is 4.89. The van der Waals surface area contributed by atoms with Gasteiger partial charge in [0.15, 0.2) is 0 Å². The number of aromatic nitrogens is 2. The Morgan fingerprint density at radius 1 is 1.00 bits per heavy atom. The molecule has 3 fully saturated rings. The van der Waals surface area contributed by atoms with Gasteiger partial charge in [-0.15, -0.1) is 0 Å². The van der Waals surface area contributed by atoms with E-state index in [0.29, 0.717) is 18.4 Å². The van der Waals surface area contributed by atoms with Crippen molar-refractivity contribution >= 4 is 29.0 Å². The molecule has 1 spiro atoms. The second-order valence-electron chi connectivity index (χ2n) is 8.20. The molecule has 8 nitrogen and oxygen atoms in total.